The number of aromatic nitrogens is 1. The number of hydrogen-bond acceptors (Lipinski definition) is 6. The Bertz CT molecular complexity index is 809. The summed E-state index contributed by atoms with van der Waals surface area (Å²) in [5.41, 5.74) is 1.79. The van der Waals surface area contributed by atoms with E-state index in [1.54, 1.807) is 20.2 Å². The molecule has 2 aromatic heterocycles. The Morgan fingerprint density at radius 2 is 2.22 bits per heavy atom. The number of rotatable bonds is 6. The Hall–Kier alpha value is -2.60. The van der Waals surface area contributed by atoms with Gasteiger partial charge < -0.3 is 14.5 Å². The molecule has 3 aromatic rings. The minimum atomic E-state index is 0.0966. The molecule has 0 saturated heterocycles. The van der Waals surface area contributed by atoms with Crippen molar-refractivity contribution in [2.24, 2.45) is 0 Å². The number of benzene rings is 1. The van der Waals surface area contributed by atoms with Gasteiger partial charge in [0, 0.05) is 23.2 Å². The van der Waals surface area contributed by atoms with Crippen LogP contribution in [0.2, 0.25) is 0 Å². The topological polar surface area (TPSA) is 64.4 Å². The van der Waals surface area contributed by atoms with Gasteiger partial charge in [-0.3, -0.25) is 4.79 Å². The number of carbonyl (C=O) groups is 1. The van der Waals surface area contributed by atoms with E-state index in [1.165, 1.54) is 17.7 Å². The molecule has 1 N–H and O–H groups in total. The summed E-state index contributed by atoms with van der Waals surface area (Å²) >= 11 is 1.50. The summed E-state index contributed by atoms with van der Waals surface area (Å²) in [6, 6.07) is 9.63. The first-order valence-electron chi connectivity index (χ1n) is 7.08. The Morgan fingerprint density at radius 1 is 1.35 bits per heavy atom. The molecule has 0 aliphatic carbocycles. The molecule has 0 radical (unpaired) electrons. The fraction of sp³-hybridized carbons (Fsp3) is 0.176. The van der Waals surface area contributed by atoms with Gasteiger partial charge in [0.05, 0.1) is 23.7 Å². The summed E-state index contributed by atoms with van der Waals surface area (Å²) in [6.07, 6.45) is 3.05. The molecule has 0 aliphatic rings. The van der Waals surface area contributed by atoms with Gasteiger partial charge in [-0.1, -0.05) is 0 Å². The number of anilines is 1. The van der Waals surface area contributed by atoms with E-state index in [0.717, 1.165) is 21.0 Å². The molecule has 1 aromatic carbocycles. The molecular weight excluding hydrogens is 312 g/mol. The third-order valence-corrected chi connectivity index (χ3v) is 4.56. The van der Waals surface area contributed by atoms with Crippen LogP contribution in [-0.2, 0) is 6.54 Å². The monoisotopic (exact) mass is 328 g/mol. The minimum absolute atomic E-state index is 0.0966. The quantitative estimate of drug-likeness (QED) is 0.686. The molecule has 118 valence electrons. The van der Waals surface area contributed by atoms with Crippen molar-refractivity contribution in [3.05, 3.63) is 52.7 Å². The molecule has 0 unspecified atom stereocenters. The second-order valence-electron chi connectivity index (χ2n) is 4.96. The Labute approximate surface area is 137 Å². The maximum absolute atomic E-state index is 11.3. The fourth-order valence-electron chi connectivity index (χ4n) is 2.20. The van der Waals surface area contributed by atoms with Crippen LogP contribution in [0.3, 0.4) is 0 Å². The van der Waals surface area contributed by atoms with Gasteiger partial charge in [-0.25, -0.2) is 4.98 Å². The molecule has 23 heavy (non-hydrogen) atoms. The number of oxazole rings is 1. The Balaban J connectivity index is 1.74. The second-order valence-corrected chi connectivity index (χ2v) is 6.12. The summed E-state index contributed by atoms with van der Waals surface area (Å²) in [6.45, 7) is 2.23. The zero-order valence-corrected chi connectivity index (χ0v) is 13.6. The zero-order chi connectivity index (χ0) is 16.2. The number of nitrogens with one attached hydrogen (secondary N) is 1. The number of Topliss-reactive ketones (excluding diaryl/α,β-unsaturated/α-hetero) is 1. The molecule has 2 heterocycles. The van der Waals surface area contributed by atoms with Gasteiger partial charge in [-0.15, -0.1) is 11.3 Å². The second kappa shape index (κ2) is 6.66. The maximum atomic E-state index is 11.3. The maximum Gasteiger partial charge on any atom is 0.181 e. The highest BCUT2D eigenvalue weighted by molar-refractivity contribution is 7.14. The van der Waals surface area contributed by atoms with E-state index in [1.807, 2.05) is 30.3 Å². The van der Waals surface area contributed by atoms with Crippen molar-refractivity contribution in [3.8, 4) is 17.1 Å². The van der Waals surface area contributed by atoms with Gasteiger partial charge >= 0.3 is 0 Å². The number of ether oxygens (including phenoxy) is 1. The van der Waals surface area contributed by atoms with Gasteiger partial charge in [0.1, 0.15) is 5.75 Å². The number of hydrogen-bond donors (Lipinski definition) is 1. The third kappa shape index (κ3) is 3.43. The number of carbonyl (C=O) groups excluding carboxylic acids is 1. The van der Waals surface area contributed by atoms with E-state index in [0.29, 0.717) is 18.1 Å². The van der Waals surface area contributed by atoms with Crippen LogP contribution in [0.1, 0.15) is 21.5 Å². The Kier molecular flexibility index (Phi) is 4.43. The molecule has 6 heteroatoms. The lowest BCUT2D eigenvalue weighted by atomic mass is 10.1. The van der Waals surface area contributed by atoms with E-state index in [-0.39, 0.29) is 5.78 Å². The largest absolute Gasteiger partial charge is 0.496 e. The number of nitrogens with zero attached hydrogens (tertiary/aromatic N) is 1. The van der Waals surface area contributed by atoms with Crippen molar-refractivity contribution in [2.75, 3.05) is 12.4 Å². The first kappa shape index (κ1) is 15.3. The van der Waals surface area contributed by atoms with Crippen molar-refractivity contribution >= 4 is 22.8 Å². The lowest BCUT2D eigenvalue weighted by Crippen LogP contribution is -1.98. The van der Waals surface area contributed by atoms with Crippen molar-refractivity contribution in [1.82, 2.24) is 4.98 Å². The number of methoxy groups -OCH3 is 1. The molecule has 0 amide bonds. The predicted molar refractivity (Wildman–Crippen MR) is 90.1 cm³/mol. The third-order valence-electron chi connectivity index (χ3n) is 3.37. The molecule has 0 bridgehead atoms. The molecular formula is C17H16N2O3S. The minimum Gasteiger partial charge on any atom is -0.496 e. The van der Waals surface area contributed by atoms with Gasteiger partial charge in [0.25, 0.3) is 0 Å². The summed E-state index contributed by atoms with van der Waals surface area (Å²) in [4.78, 5) is 17.1. The number of ketones is 1. The summed E-state index contributed by atoms with van der Waals surface area (Å²) in [7, 11) is 1.62. The van der Waals surface area contributed by atoms with E-state index >= 15 is 0 Å². The van der Waals surface area contributed by atoms with Crippen LogP contribution < -0.4 is 10.1 Å². The van der Waals surface area contributed by atoms with Crippen LogP contribution in [0.5, 0.6) is 5.75 Å². The fourth-order valence-corrected chi connectivity index (χ4v) is 3.05. The van der Waals surface area contributed by atoms with Gasteiger partial charge in [-0.05, 0) is 31.2 Å². The van der Waals surface area contributed by atoms with Crippen molar-refractivity contribution in [3.63, 3.8) is 0 Å². The Morgan fingerprint density at radius 3 is 2.87 bits per heavy atom. The van der Waals surface area contributed by atoms with Crippen molar-refractivity contribution in [1.29, 1.82) is 0 Å². The van der Waals surface area contributed by atoms with Crippen LogP contribution in [0.25, 0.3) is 11.3 Å². The molecule has 3 rings (SSSR count). The normalized spacial score (nSPS) is 10.5. The molecule has 0 fully saturated rings. The number of thiophene rings is 1. The molecule has 0 atom stereocenters. The highest BCUT2D eigenvalue weighted by Crippen LogP contribution is 2.32. The van der Waals surface area contributed by atoms with Crippen LogP contribution in [-0.4, -0.2) is 17.9 Å². The van der Waals surface area contributed by atoms with E-state index in [2.05, 4.69) is 10.3 Å². The molecule has 0 spiro atoms. The van der Waals surface area contributed by atoms with Gasteiger partial charge in [0.2, 0.25) is 0 Å². The van der Waals surface area contributed by atoms with Crippen LogP contribution in [0, 0.1) is 0 Å². The average molecular weight is 328 g/mol. The molecule has 5 nitrogen and oxygen atoms in total. The van der Waals surface area contributed by atoms with E-state index in [4.69, 9.17) is 9.15 Å². The van der Waals surface area contributed by atoms with Crippen LogP contribution in [0.4, 0.5) is 5.69 Å². The van der Waals surface area contributed by atoms with E-state index in [9.17, 15) is 4.79 Å². The smallest absolute Gasteiger partial charge is 0.181 e. The molecule has 0 saturated carbocycles. The SMILES string of the molecule is COc1cc(NCc2ccc(C(C)=O)s2)ccc1-c1cnco1. The summed E-state index contributed by atoms with van der Waals surface area (Å²) in [5.74, 6) is 1.47. The lowest BCUT2D eigenvalue weighted by Gasteiger charge is -2.10. The first-order valence-corrected chi connectivity index (χ1v) is 7.89. The van der Waals surface area contributed by atoms with E-state index < -0.39 is 0 Å². The summed E-state index contributed by atoms with van der Waals surface area (Å²) < 4.78 is 10.7. The highest BCUT2D eigenvalue weighted by Gasteiger charge is 2.10. The van der Waals surface area contributed by atoms with Crippen LogP contribution >= 0.6 is 11.3 Å². The van der Waals surface area contributed by atoms with Crippen LogP contribution in [0.15, 0.2) is 47.3 Å². The van der Waals surface area contributed by atoms with Crippen molar-refractivity contribution in [2.45, 2.75) is 13.5 Å². The zero-order valence-electron chi connectivity index (χ0n) is 12.8. The lowest BCUT2D eigenvalue weighted by molar-refractivity contribution is 0.102. The van der Waals surface area contributed by atoms with Gasteiger partial charge in [-0.2, -0.15) is 0 Å². The van der Waals surface area contributed by atoms with Gasteiger partial charge in [0.15, 0.2) is 17.9 Å². The first-order chi connectivity index (χ1) is 11.2. The average Bonchev–Trinajstić information content (AvgIpc) is 3.24. The standard InChI is InChI=1S/C17H16N2O3S/c1-11(20)17-6-4-13(23-17)8-19-12-3-5-14(15(7-12)21-2)16-9-18-10-22-16/h3-7,9-10,19H,8H2,1-2H3. The molecule has 0 aliphatic heterocycles. The van der Waals surface area contributed by atoms with Crippen molar-refractivity contribution < 1.29 is 13.9 Å². The summed E-state index contributed by atoms with van der Waals surface area (Å²) in [5, 5.41) is 3.33. The highest BCUT2D eigenvalue weighted by atomic mass is 32.1. The predicted octanol–water partition coefficient (Wildman–Crippen LogP) is 4.23.